The van der Waals surface area contributed by atoms with E-state index in [2.05, 4.69) is 16.2 Å². The van der Waals surface area contributed by atoms with Crippen LogP contribution in [0.2, 0.25) is 0 Å². The van der Waals surface area contributed by atoms with E-state index < -0.39 is 0 Å². The van der Waals surface area contributed by atoms with Gasteiger partial charge in [0, 0.05) is 0 Å². The number of ketones is 1. The van der Waals surface area contributed by atoms with Gasteiger partial charge in [0.25, 0.3) is 0 Å². The number of carbonyl (C=O) groups excluding carboxylic acids is 1. The van der Waals surface area contributed by atoms with E-state index in [1.165, 1.54) is 8.79 Å². The standard InChI is InChI=1S/C10H8OTe/c1-7(11)8-3-2-4-10-9(8)5-6-12-10/h2-6H,1H3. The van der Waals surface area contributed by atoms with E-state index in [0.717, 1.165) is 5.56 Å². The zero-order chi connectivity index (χ0) is 8.55. The quantitative estimate of drug-likeness (QED) is 0.573. The first-order chi connectivity index (χ1) is 5.79. The molecule has 0 bridgehead atoms. The fraction of sp³-hybridized carbons (Fsp3) is 0.100. The van der Waals surface area contributed by atoms with Gasteiger partial charge in [0.2, 0.25) is 0 Å². The maximum atomic E-state index is 11.2. The Kier molecular flexibility index (Phi) is 2.04. The van der Waals surface area contributed by atoms with Crippen LogP contribution < -0.4 is 0 Å². The minimum absolute atomic E-state index is 0.120. The summed E-state index contributed by atoms with van der Waals surface area (Å²) in [5.74, 6) is 0.172. The summed E-state index contributed by atoms with van der Waals surface area (Å²) in [4.78, 5) is 11.2. The molecule has 0 radical (unpaired) electrons. The number of hydrogen-bond acceptors (Lipinski definition) is 1. The Morgan fingerprint density at radius 1 is 1.33 bits per heavy atom. The van der Waals surface area contributed by atoms with Crippen molar-refractivity contribution in [3.05, 3.63) is 33.9 Å². The second-order valence-electron chi connectivity index (χ2n) is 2.69. The predicted molar refractivity (Wildman–Crippen MR) is 50.9 cm³/mol. The molecule has 12 heavy (non-hydrogen) atoms. The van der Waals surface area contributed by atoms with Crippen molar-refractivity contribution in [3.8, 4) is 0 Å². The van der Waals surface area contributed by atoms with Crippen LogP contribution in [-0.4, -0.2) is 26.2 Å². The Labute approximate surface area is 80.6 Å². The summed E-state index contributed by atoms with van der Waals surface area (Å²) in [6, 6.07) is 8.11. The minimum atomic E-state index is -0.120. The molecule has 0 aliphatic heterocycles. The second kappa shape index (κ2) is 3.05. The Balaban J connectivity index is 2.82. The van der Waals surface area contributed by atoms with Crippen LogP contribution in [0.4, 0.5) is 0 Å². The van der Waals surface area contributed by atoms with Crippen molar-refractivity contribution in [2.24, 2.45) is 0 Å². The fourth-order valence-corrected chi connectivity index (χ4v) is 3.62. The molecule has 0 N–H and O–H groups in total. The summed E-state index contributed by atoms with van der Waals surface area (Å²) in [6.07, 6.45) is 0. The Morgan fingerprint density at radius 3 is 2.92 bits per heavy atom. The molecule has 0 amide bonds. The molecule has 0 atom stereocenters. The first-order valence-corrected chi connectivity index (χ1v) is 6.27. The van der Waals surface area contributed by atoms with E-state index in [9.17, 15) is 4.79 Å². The van der Waals surface area contributed by atoms with Crippen molar-refractivity contribution in [1.29, 1.82) is 0 Å². The van der Waals surface area contributed by atoms with Crippen LogP contribution in [0.25, 0.3) is 8.79 Å². The molecule has 2 rings (SSSR count). The van der Waals surface area contributed by atoms with Gasteiger partial charge in [0.05, 0.1) is 0 Å². The van der Waals surface area contributed by atoms with Gasteiger partial charge in [-0.25, -0.2) is 0 Å². The molecule has 0 spiro atoms. The van der Waals surface area contributed by atoms with Crippen LogP contribution in [0.3, 0.4) is 0 Å². The summed E-state index contributed by atoms with van der Waals surface area (Å²) >= 11 is -0.120. The van der Waals surface area contributed by atoms with E-state index >= 15 is 0 Å². The van der Waals surface area contributed by atoms with Crippen LogP contribution >= 0.6 is 0 Å². The molecule has 60 valence electrons. The van der Waals surface area contributed by atoms with Crippen LogP contribution in [0.15, 0.2) is 28.3 Å². The Morgan fingerprint density at radius 2 is 2.17 bits per heavy atom. The topological polar surface area (TPSA) is 17.1 Å². The molecule has 0 unspecified atom stereocenters. The van der Waals surface area contributed by atoms with Gasteiger partial charge in [-0.2, -0.15) is 0 Å². The third-order valence-corrected chi connectivity index (χ3v) is 4.39. The van der Waals surface area contributed by atoms with E-state index in [4.69, 9.17) is 0 Å². The summed E-state index contributed by atoms with van der Waals surface area (Å²) in [5.41, 5.74) is 0.881. The van der Waals surface area contributed by atoms with Gasteiger partial charge in [-0.15, -0.1) is 0 Å². The van der Waals surface area contributed by atoms with E-state index in [1.807, 2.05) is 12.1 Å². The maximum absolute atomic E-state index is 11.2. The van der Waals surface area contributed by atoms with E-state index in [0.29, 0.717) is 0 Å². The van der Waals surface area contributed by atoms with Gasteiger partial charge in [0.15, 0.2) is 0 Å². The summed E-state index contributed by atoms with van der Waals surface area (Å²) in [6.45, 7) is 1.63. The molecule has 0 aliphatic rings. The molecule has 0 aliphatic carbocycles. The van der Waals surface area contributed by atoms with Gasteiger partial charge in [-0.3, -0.25) is 0 Å². The summed E-state index contributed by atoms with van der Waals surface area (Å²) in [5, 5.41) is 1.17. The molecule has 2 aromatic rings. The van der Waals surface area contributed by atoms with Crippen LogP contribution in [-0.2, 0) is 0 Å². The molecule has 1 heterocycles. The SMILES string of the molecule is CC(=O)c1cccc2[te]ccc12. The third-order valence-electron chi connectivity index (χ3n) is 1.88. The van der Waals surface area contributed by atoms with Crippen molar-refractivity contribution in [3.63, 3.8) is 0 Å². The van der Waals surface area contributed by atoms with E-state index in [1.54, 1.807) is 6.92 Å². The van der Waals surface area contributed by atoms with Crippen molar-refractivity contribution in [2.45, 2.75) is 6.92 Å². The summed E-state index contributed by atoms with van der Waals surface area (Å²) < 4.78 is 3.62. The van der Waals surface area contributed by atoms with Gasteiger partial charge >= 0.3 is 80.6 Å². The zero-order valence-electron chi connectivity index (χ0n) is 6.70. The molecule has 2 heteroatoms. The normalized spacial score (nSPS) is 10.4. The second-order valence-corrected chi connectivity index (χ2v) is 5.40. The predicted octanol–water partition coefficient (Wildman–Crippen LogP) is 2.10. The fourth-order valence-electron chi connectivity index (χ4n) is 1.30. The molecule has 1 nitrogen and oxygen atoms in total. The number of hydrogen-bond donors (Lipinski definition) is 0. The van der Waals surface area contributed by atoms with Gasteiger partial charge in [0.1, 0.15) is 0 Å². The van der Waals surface area contributed by atoms with Gasteiger partial charge in [-0.1, -0.05) is 0 Å². The zero-order valence-corrected chi connectivity index (χ0v) is 9.03. The van der Waals surface area contributed by atoms with Crippen molar-refractivity contribution in [1.82, 2.24) is 0 Å². The number of Topliss-reactive ketones (excluding diaryl/α,β-unsaturated/α-hetero) is 1. The molecule has 0 fully saturated rings. The van der Waals surface area contributed by atoms with Crippen molar-refractivity contribution in [2.75, 3.05) is 0 Å². The van der Waals surface area contributed by atoms with Gasteiger partial charge < -0.3 is 0 Å². The average Bonchev–Trinajstić information content (AvgIpc) is 2.49. The number of carbonyl (C=O) groups is 1. The monoisotopic (exact) mass is 274 g/mol. The Bertz CT molecular complexity index is 428. The van der Waals surface area contributed by atoms with Crippen molar-refractivity contribution >= 4 is 35.0 Å². The van der Waals surface area contributed by atoms with Crippen LogP contribution in [0.1, 0.15) is 17.3 Å². The first-order valence-electron chi connectivity index (χ1n) is 3.76. The molecular formula is C10H8OTe. The van der Waals surface area contributed by atoms with Crippen LogP contribution in [0, 0.1) is 0 Å². The van der Waals surface area contributed by atoms with Gasteiger partial charge in [-0.05, 0) is 0 Å². The van der Waals surface area contributed by atoms with E-state index in [-0.39, 0.29) is 26.2 Å². The van der Waals surface area contributed by atoms with Crippen LogP contribution in [0.5, 0.6) is 0 Å². The number of benzene rings is 1. The molecule has 1 aromatic heterocycles. The Hall–Kier alpha value is -0.580. The first kappa shape index (κ1) is 8.04. The van der Waals surface area contributed by atoms with Crippen molar-refractivity contribution < 1.29 is 4.79 Å². The summed E-state index contributed by atoms with van der Waals surface area (Å²) in [7, 11) is 0. The molecule has 0 saturated heterocycles. The number of rotatable bonds is 1. The molecule has 0 saturated carbocycles. The average molecular weight is 272 g/mol. The number of fused-ring (bicyclic) bond motifs is 1. The third kappa shape index (κ3) is 1.22. The molecular weight excluding hydrogens is 264 g/mol. The molecule has 1 aromatic carbocycles.